The van der Waals surface area contributed by atoms with Gasteiger partial charge in [-0.15, -0.1) is 0 Å². The molecule has 0 spiro atoms. The van der Waals surface area contributed by atoms with Gasteiger partial charge in [0, 0.05) is 19.3 Å². The summed E-state index contributed by atoms with van der Waals surface area (Å²) >= 11 is 0. The molecule has 3 N–H and O–H groups in total. The van der Waals surface area contributed by atoms with E-state index in [1.54, 1.807) is 12.1 Å². The molecule has 1 rings (SSSR count). The lowest BCUT2D eigenvalue weighted by atomic mass is 10.1. The third-order valence-electron chi connectivity index (χ3n) is 2.42. The highest BCUT2D eigenvalue weighted by molar-refractivity contribution is 5.93. The van der Waals surface area contributed by atoms with Gasteiger partial charge in [0.2, 0.25) is 0 Å². The highest BCUT2D eigenvalue weighted by Crippen LogP contribution is 2.01. The number of nitrogen functional groups attached to an aromatic ring is 1. The summed E-state index contributed by atoms with van der Waals surface area (Å²) in [7, 11) is 0. The smallest absolute Gasteiger partial charge is 0.252 e. The molecule has 18 heavy (non-hydrogen) atoms. The van der Waals surface area contributed by atoms with Crippen molar-refractivity contribution in [2.75, 3.05) is 25.5 Å². The fourth-order valence-electron chi connectivity index (χ4n) is 1.30. The molecule has 0 saturated heterocycles. The number of nitrogens with two attached hydrogens (primary N) is 1. The molecule has 0 aliphatic carbocycles. The number of hydrogen-bond donors (Lipinski definition) is 2. The van der Waals surface area contributed by atoms with Gasteiger partial charge in [-0.1, -0.05) is 13.8 Å². The van der Waals surface area contributed by atoms with Crippen molar-refractivity contribution in [2.45, 2.75) is 20.3 Å². The van der Waals surface area contributed by atoms with Crippen LogP contribution in [0.15, 0.2) is 18.3 Å². The van der Waals surface area contributed by atoms with E-state index >= 15 is 0 Å². The number of carbonyl (C=O) groups is 1. The molecule has 0 atom stereocenters. The summed E-state index contributed by atoms with van der Waals surface area (Å²) in [4.78, 5) is 15.5. The van der Waals surface area contributed by atoms with Crippen molar-refractivity contribution in [3.63, 3.8) is 0 Å². The zero-order valence-corrected chi connectivity index (χ0v) is 11.0. The van der Waals surface area contributed by atoms with Crippen molar-refractivity contribution in [3.05, 3.63) is 23.9 Å². The lowest BCUT2D eigenvalue weighted by molar-refractivity contribution is 0.0905. The van der Waals surface area contributed by atoms with Gasteiger partial charge < -0.3 is 15.8 Å². The van der Waals surface area contributed by atoms with E-state index in [2.05, 4.69) is 24.1 Å². The molecule has 0 radical (unpaired) electrons. The van der Waals surface area contributed by atoms with E-state index in [0.29, 0.717) is 30.5 Å². The molecule has 1 amide bonds. The minimum atomic E-state index is -0.157. The van der Waals surface area contributed by atoms with Crippen LogP contribution in [0, 0.1) is 5.92 Å². The summed E-state index contributed by atoms with van der Waals surface area (Å²) in [5, 5.41) is 2.76. The van der Waals surface area contributed by atoms with Crippen LogP contribution in [0.2, 0.25) is 0 Å². The van der Waals surface area contributed by atoms with E-state index in [9.17, 15) is 4.79 Å². The highest BCUT2D eigenvalue weighted by Gasteiger charge is 2.04. The number of carbonyl (C=O) groups excluding carboxylic acids is 1. The van der Waals surface area contributed by atoms with Gasteiger partial charge in [0.25, 0.3) is 5.91 Å². The van der Waals surface area contributed by atoms with Gasteiger partial charge in [0.15, 0.2) is 0 Å². The predicted molar refractivity (Wildman–Crippen MR) is 71.3 cm³/mol. The first-order valence-electron chi connectivity index (χ1n) is 6.17. The van der Waals surface area contributed by atoms with Crippen molar-refractivity contribution < 1.29 is 9.53 Å². The van der Waals surface area contributed by atoms with Crippen molar-refractivity contribution in [3.8, 4) is 0 Å². The molecule has 0 aliphatic rings. The molecular weight excluding hydrogens is 230 g/mol. The minimum Gasteiger partial charge on any atom is -0.384 e. The van der Waals surface area contributed by atoms with E-state index in [4.69, 9.17) is 10.5 Å². The molecule has 0 aliphatic heterocycles. The molecule has 0 saturated carbocycles. The Hall–Kier alpha value is -1.62. The fourth-order valence-corrected chi connectivity index (χ4v) is 1.30. The minimum absolute atomic E-state index is 0.157. The number of nitrogens with zero attached hydrogens (tertiary/aromatic N) is 1. The Bertz CT molecular complexity index is 363. The molecule has 100 valence electrons. The molecule has 5 nitrogen and oxygen atoms in total. The molecule has 1 heterocycles. The van der Waals surface area contributed by atoms with Crippen molar-refractivity contribution in [2.24, 2.45) is 5.92 Å². The highest BCUT2D eigenvalue weighted by atomic mass is 16.5. The average molecular weight is 251 g/mol. The number of anilines is 1. The van der Waals surface area contributed by atoms with Gasteiger partial charge >= 0.3 is 0 Å². The van der Waals surface area contributed by atoms with Gasteiger partial charge in [-0.05, 0) is 24.5 Å². The van der Waals surface area contributed by atoms with Gasteiger partial charge in [0.05, 0.1) is 12.2 Å². The zero-order chi connectivity index (χ0) is 13.4. The summed E-state index contributed by atoms with van der Waals surface area (Å²) in [5.41, 5.74) is 5.95. The number of ether oxygens (including phenoxy) is 1. The number of aromatic nitrogens is 1. The van der Waals surface area contributed by atoms with E-state index in [0.717, 1.165) is 13.0 Å². The zero-order valence-electron chi connectivity index (χ0n) is 11.0. The maximum atomic E-state index is 11.6. The summed E-state index contributed by atoms with van der Waals surface area (Å²) in [6, 6.07) is 3.26. The van der Waals surface area contributed by atoms with Crippen LogP contribution < -0.4 is 11.1 Å². The van der Waals surface area contributed by atoms with Crippen LogP contribution >= 0.6 is 0 Å². The van der Waals surface area contributed by atoms with Crippen LogP contribution in [-0.2, 0) is 4.74 Å². The summed E-state index contributed by atoms with van der Waals surface area (Å²) in [6.07, 6.45) is 2.50. The Kier molecular flexibility index (Phi) is 6.14. The first-order chi connectivity index (χ1) is 8.59. The summed E-state index contributed by atoms with van der Waals surface area (Å²) < 4.78 is 5.40. The van der Waals surface area contributed by atoms with Crippen LogP contribution in [0.5, 0.6) is 0 Å². The van der Waals surface area contributed by atoms with Gasteiger partial charge in [0.1, 0.15) is 5.82 Å². The Labute approximate surface area is 108 Å². The van der Waals surface area contributed by atoms with Gasteiger partial charge in [-0.2, -0.15) is 0 Å². The molecule has 1 aromatic heterocycles. The van der Waals surface area contributed by atoms with E-state index in [1.165, 1.54) is 6.20 Å². The van der Waals surface area contributed by atoms with Crippen LogP contribution in [0.1, 0.15) is 30.6 Å². The molecule has 0 unspecified atom stereocenters. The topological polar surface area (TPSA) is 77.2 Å². The number of hydrogen-bond acceptors (Lipinski definition) is 4. The first kappa shape index (κ1) is 14.4. The van der Waals surface area contributed by atoms with Gasteiger partial charge in [-0.25, -0.2) is 4.98 Å². The monoisotopic (exact) mass is 251 g/mol. The first-order valence-corrected chi connectivity index (χ1v) is 6.17. The molecule has 0 bridgehead atoms. The maximum absolute atomic E-state index is 11.6. The Morgan fingerprint density at radius 3 is 2.83 bits per heavy atom. The normalized spacial score (nSPS) is 10.6. The van der Waals surface area contributed by atoms with Crippen molar-refractivity contribution in [1.82, 2.24) is 10.3 Å². The number of pyridine rings is 1. The number of amides is 1. The van der Waals surface area contributed by atoms with Crippen LogP contribution in [-0.4, -0.2) is 30.6 Å². The second-order valence-corrected chi connectivity index (χ2v) is 4.52. The molecular formula is C13H21N3O2. The quantitative estimate of drug-likeness (QED) is 0.719. The molecule has 5 heteroatoms. The average Bonchev–Trinajstić information content (AvgIpc) is 2.34. The fraction of sp³-hybridized carbons (Fsp3) is 0.538. The van der Waals surface area contributed by atoms with Crippen LogP contribution in [0.3, 0.4) is 0 Å². The second kappa shape index (κ2) is 7.66. The largest absolute Gasteiger partial charge is 0.384 e. The standard InChI is InChI=1S/C13H21N3O2/c1-10(2)5-7-18-8-6-15-13(17)11-3-4-12(14)16-9-11/h3-4,9-10H,5-8H2,1-2H3,(H2,14,16)(H,15,17). The molecule has 1 aromatic rings. The lowest BCUT2D eigenvalue weighted by Crippen LogP contribution is -2.27. The Morgan fingerprint density at radius 1 is 1.44 bits per heavy atom. The third kappa shape index (κ3) is 5.63. The van der Waals surface area contributed by atoms with E-state index in [-0.39, 0.29) is 5.91 Å². The maximum Gasteiger partial charge on any atom is 0.252 e. The predicted octanol–water partition coefficient (Wildman–Crippen LogP) is 1.46. The van der Waals surface area contributed by atoms with Crippen LogP contribution in [0.4, 0.5) is 5.82 Å². The van der Waals surface area contributed by atoms with Crippen molar-refractivity contribution >= 4 is 11.7 Å². The summed E-state index contributed by atoms with van der Waals surface area (Å²) in [6.45, 7) is 6.07. The Balaban J connectivity index is 2.16. The van der Waals surface area contributed by atoms with E-state index < -0.39 is 0 Å². The number of rotatable bonds is 7. The van der Waals surface area contributed by atoms with Crippen molar-refractivity contribution in [1.29, 1.82) is 0 Å². The Morgan fingerprint density at radius 2 is 2.22 bits per heavy atom. The number of nitrogens with one attached hydrogen (secondary N) is 1. The summed E-state index contributed by atoms with van der Waals surface area (Å²) in [5.74, 6) is 0.888. The van der Waals surface area contributed by atoms with Gasteiger partial charge in [-0.3, -0.25) is 4.79 Å². The van der Waals surface area contributed by atoms with Crippen LogP contribution in [0.25, 0.3) is 0 Å². The molecule has 0 fully saturated rings. The van der Waals surface area contributed by atoms with E-state index in [1.807, 2.05) is 0 Å². The lowest BCUT2D eigenvalue weighted by Gasteiger charge is -2.07. The molecule has 0 aromatic carbocycles. The SMILES string of the molecule is CC(C)CCOCCNC(=O)c1ccc(N)nc1. The second-order valence-electron chi connectivity index (χ2n) is 4.52. The third-order valence-corrected chi connectivity index (χ3v) is 2.42.